The third-order valence-corrected chi connectivity index (χ3v) is 5.13. The van der Waals surface area contributed by atoms with Crippen molar-refractivity contribution in [2.45, 2.75) is 25.9 Å². The van der Waals surface area contributed by atoms with Crippen LogP contribution in [0.15, 0.2) is 54.6 Å². The molecule has 5 heteroatoms. The first-order chi connectivity index (χ1) is 13.1. The highest BCUT2D eigenvalue weighted by molar-refractivity contribution is 5.74. The van der Waals surface area contributed by atoms with Crippen molar-refractivity contribution in [2.24, 2.45) is 0 Å². The molecule has 0 aromatic heterocycles. The van der Waals surface area contributed by atoms with Crippen LogP contribution in [0, 0.1) is 6.92 Å². The lowest BCUT2D eigenvalue weighted by atomic mass is 10.0. The quantitative estimate of drug-likeness (QED) is 0.822. The number of benzene rings is 2. The number of aryl methyl sites for hydroxylation is 1. The van der Waals surface area contributed by atoms with Crippen LogP contribution in [-0.2, 0) is 4.74 Å². The molecule has 0 saturated carbocycles. The Labute approximate surface area is 161 Å². The fraction of sp³-hybridized carbons (Fsp3) is 0.409. The molecular weight excluding hydrogens is 338 g/mol. The Hall–Kier alpha value is -2.37. The van der Waals surface area contributed by atoms with E-state index in [1.807, 2.05) is 37.3 Å². The zero-order valence-electron chi connectivity index (χ0n) is 16.2. The molecule has 1 aliphatic heterocycles. The van der Waals surface area contributed by atoms with Gasteiger partial charge >= 0.3 is 6.03 Å². The van der Waals surface area contributed by atoms with Crippen LogP contribution in [0.4, 0.5) is 4.79 Å². The molecule has 2 aromatic rings. The number of carbonyl (C=O) groups excluding carboxylic acids is 1. The van der Waals surface area contributed by atoms with Crippen molar-refractivity contribution in [3.05, 3.63) is 71.3 Å². The normalized spacial score (nSPS) is 17.1. The second kappa shape index (κ2) is 9.53. The summed E-state index contributed by atoms with van der Waals surface area (Å²) < 4.78 is 5.48. The van der Waals surface area contributed by atoms with E-state index in [0.29, 0.717) is 6.54 Å². The van der Waals surface area contributed by atoms with Gasteiger partial charge in [0.2, 0.25) is 0 Å². The second-order valence-electron chi connectivity index (χ2n) is 7.01. The lowest BCUT2D eigenvalue weighted by Gasteiger charge is -2.35. The summed E-state index contributed by atoms with van der Waals surface area (Å²) in [5.41, 5.74) is 3.54. The minimum atomic E-state index is -0.139. The summed E-state index contributed by atoms with van der Waals surface area (Å²) in [6.07, 6.45) is 0. The molecule has 3 rings (SSSR count). The highest BCUT2D eigenvalue weighted by atomic mass is 16.5. The molecule has 1 aliphatic rings. The lowest BCUT2D eigenvalue weighted by molar-refractivity contribution is 0.0167. The van der Waals surface area contributed by atoms with E-state index in [0.717, 1.165) is 31.9 Å². The Morgan fingerprint density at radius 3 is 2.44 bits per heavy atom. The van der Waals surface area contributed by atoms with Crippen molar-refractivity contribution in [2.75, 3.05) is 32.8 Å². The summed E-state index contributed by atoms with van der Waals surface area (Å²) >= 11 is 0. The van der Waals surface area contributed by atoms with E-state index in [1.54, 1.807) is 0 Å². The van der Waals surface area contributed by atoms with Crippen LogP contribution in [0.25, 0.3) is 0 Å². The number of ether oxygens (including phenoxy) is 1. The standard InChI is InChI=1S/C22H29N3O2/c1-17-8-6-7-11-20(17)18(2)24-22(26)23-16-21(19-9-4-3-5-10-19)25-12-14-27-15-13-25/h3-11,18,21H,12-16H2,1-2H3,(H2,23,24,26)/t18-,21-/m0/s1. The molecule has 2 amide bonds. The third kappa shape index (κ3) is 5.31. The number of morpholine rings is 1. The lowest BCUT2D eigenvalue weighted by Crippen LogP contribution is -2.46. The molecule has 0 unspecified atom stereocenters. The molecule has 0 spiro atoms. The highest BCUT2D eigenvalue weighted by Crippen LogP contribution is 2.21. The van der Waals surface area contributed by atoms with Gasteiger partial charge < -0.3 is 15.4 Å². The molecule has 2 N–H and O–H groups in total. The van der Waals surface area contributed by atoms with Gasteiger partial charge in [-0.05, 0) is 30.5 Å². The Balaban J connectivity index is 1.61. The molecule has 27 heavy (non-hydrogen) atoms. The number of rotatable bonds is 6. The zero-order valence-corrected chi connectivity index (χ0v) is 16.2. The fourth-order valence-electron chi connectivity index (χ4n) is 3.61. The van der Waals surface area contributed by atoms with Crippen LogP contribution in [-0.4, -0.2) is 43.8 Å². The van der Waals surface area contributed by atoms with Gasteiger partial charge in [-0.15, -0.1) is 0 Å². The van der Waals surface area contributed by atoms with E-state index >= 15 is 0 Å². The molecule has 2 atom stereocenters. The monoisotopic (exact) mass is 367 g/mol. The SMILES string of the molecule is Cc1ccccc1[C@H](C)NC(=O)NC[C@@H](c1ccccc1)N1CCOCC1. The highest BCUT2D eigenvalue weighted by Gasteiger charge is 2.23. The number of carbonyl (C=O) groups is 1. The summed E-state index contributed by atoms with van der Waals surface area (Å²) in [5, 5.41) is 6.12. The van der Waals surface area contributed by atoms with Gasteiger partial charge in [0.25, 0.3) is 0 Å². The zero-order chi connectivity index (χ0) is 19.1. The number of amides is 2. The van der Waals surface area contributed by atoms with E-state index in [4.69, 9.17) is 4.74 Å². The Kier molecular flexibility index (Phi) is 6.85. The van der Waals surface area contributed by atoms with Crippen LogP contribution in [0.1, 0.15) is 35.7 Å². The molecule has 1 saturated heterocycles. The number of nitrogens with one attached hydrogen (secondary N) is 2. The van der Waals surface area contributed by atoms with Gasteiger partial charge in [-0.3, -0.25) is 4.90 Å². The smallest absolute Gasteiger partial charge is 0.315 e. The van der Waals surface area contributed by atoms with Gasteiger partial charge in [-0.1, -0.05) is 54.6 Å². The molecule has 2 aromatic carbocycles. The molecule has 1 fully saturated rings. The molecule has 0 bridgehead atoms. The maximum absolute atomic E-state index is 12.5. The maximum atomic E-state index is 12.5. The van der Waals surface area contributed by atoms with Gasteiger partial charge in [0, 0.05) is 19.6 Å². The van der Waals surface area contributed by atoms with E-state index in [9.17, 15) is 4.79 Å². The average molecular weight is 367 g/mol. The Bertz CT molecular complexity index is 729. The second-order valence-corrected chi connectivity index (χ2v) is 7.01. The van der Waals surface area contributed by atoms with E-state index in [2.05, 4.69) is 46.7 Å². The minimum Gasteiger partial charge on any atom is -0.379 e. The van der Waals surface area contributed by atoms with Crippen LogP contribution in [0.3, 0.4) is 0 Å². The van der Waals surface area contributed by atoms with Gasteiger partial charge in [0.15, 0.2) is 0 Å². The molecule has 0 aliphatic carbocycles. The number of hydrogen-bond donors (Lipinski definition) is 2. The topological polar surface area (TPSA) is 53.6 Å². The largest absolute Gasteiger partial charge is 0.379 e. The van der Waals surface area contributed by atoms with Crippen molar-refractivity contribution in [1.82, 2.24) is 15.5 Å². The molecular formula is C22H29N3O2. The predicted octanol–water partition coefficient (Wildman–Crippen LogP) is 3.43. The summed E-state index contributed by atoms with van der Waals surface area (Å²) in [5.74, 6) is 0. The van der Waals surface area contributed by atoms with Crippen molar-refractivity contribution >= 4 is 6.03 Å². The third-order valence-electron chi connectivity index (χ3n) is 5.13. The van der Waals surface area contributed by atoms with E-state index < -0.39 is 0 Å². The van der Waals surface area contributed by atoms with Crippen molar-refractivity contribution < 1.29 is 9.53 Å². The number of hydrogen-bond acceptors (Lipinski definition) is 3. The van der Waals surface area contributed by atoms with Crippen LogP contribution >= 0.6 is 0 Å². The molecule has 0 radical (unpaired) electrons. The van der Waals surface area contributed by atoms with Gasteiger partial charge in [-0.2, -0.15) is 0 Å². The predicted molar refractivity (Wildman–Crippen MR) is 108 cm³/mol. The molecule has 144 valence electrons. The first-order valence-electron chi connectivity index (χ1n) is 9.62. The first-order valence-corrected chi connectivity index (χ1v) is 9.62. The van der Waals surface area contributed by atoms with E-state index in [-0.39, 0.29) is 18.1 Å². The van der Waals surface area contributed by atoms with Gasteiger partial charge in [0.1, 0.15) is 0 Å². The number of urea groups is 1. The summed E-state index contributed by atoms with van der Waals surface area (Å²) in [6, 6.07) is 18.5. The molecule has 5 nitrogen and oxygen atoms in total. The number of nitrogens with zero attached hydrogens (tertiary/aromatic N) is 1. The van der Waals surface area contributed by atoms with Crippen molar-refractivity contribution in [1.29, 1.82) is 0 Å². The summed E-state index contributed by atoms with van der Waals surface area (Å²) in [7, 11) is 0. The van der Waals surface area contributed by atoms with Crippen molar-refractivity contribution in [3.8, 4) is 0 Å². The maximum Gasteiger partial charge on any atom is 0.315 e. The Morgan fingerprint density at radius 1 is 1.07 bits per heavy atom. The minimum absolute atomic E-state index is 0.0373. The van der Waals surface area contributed by atoms with Gasteiger partial charge in [-0.25, -0.2) is 4.79 Å². The average Bonchev–Trinajstić information content (AvgIpc) is 2.70. The van der Waals surface area contributed by atoms with Crippen molar-refractivity contribution in [3.63, 3.8) is 0 Å². The fourth-order valence-corrected chi connectivity index (χ4v) is 3.61. The van der Waals surface area contributed by atoms with Gasteiger partial charge in [0.05, 0.1) is 25.3 Å². The Morgan fingerprint density at radius 2 is 1.74 bits per heavy atom. The summed E-state index contributed by atoms with van der Waals surface area (Å²) in [6.45, 7) is 7.87. The summed E-state index contributed by atoms with van der Waals surface area (Å²) in [4.78, 5) is 14.9. The van der Waals surface area contributed by atoms with Crippen LogP contribution < -0.4 is 10.6 Å². The van der Waals surface area contributed by atoms with E-state index in [1.165, 1.54) is 11.1 Å². The van der Waals surface area contributed by atoms with Crippen LogP contribution in [0.2, 0.25) is 0 Å². The van der Waals surface area contributed by atoms with Crippen LogP contribution in [0.5, 0.6) is 0 Å². The molecule has 1 heterocycles. The first kappa shape index (κ1) is 19.4.